The first-order valence-corrected chi connectivity index (χ1v) is 7.25. The Balaban J connectivity index is 1.57. The fourth-order valence-electron chi connectivity index (χ4n) is 2.32. The minimum Gasteiger partial charge on any atom is -0.464 e. The van der Waals surface area contributed by atoms with Gasteiger partial charge >= 0.3 is 5.97 Å². The predicted octanol–water partition coefficient (Wildman–Crippen LogP) is 1.04. The van der Waals surface area contributed by atoms with Crippen molar-refractivity contribution in [3.8, 4) is 0 Å². The summed E-state index contributed by atoms with van der Waals surface area (Å²) in [6, 6.07) is -0.240. The van der Waals surface area contributed by atoms with Crippen LogP contribution < -0.4 is 5.32 Å². The molecular formula is C14H16N4O5. The summed E-state index contributed by atoms with van der Waals surface area (Å²) in [5, 5.41) is 6.70. The molecule has 1 amide bonds. The number of carbonyl (C=O) groups is 2. The smallest absolute Gasteiger partial charge is 0.360 e. The highest BCUT2D eigenvalue weighted by Gasteiger charge is 2.36. The molecule has 23 heavy (non-hydrogen) atoms. The van der Waals surface area contributed by atoms with E-state index in [0.29, 0.717) is 17.5 Å². The van der Waals surface area contributed by atoms with Crippen molar-refractivity contribution >= 4 is 11.9 Å². The Morgan fingerprint density at radius 3 is 2.87 bits per heavy atom. The van der Waals surface area contributed by atoms with Gasteiger partial charge in [0.15, 0.2) is 17.9 Å². The molecule has 9 nitrogen and oxygen atoms in total. The van der Waals surface area contributed by atoms with Gasteiger partial charge in [-0.05, 0) is 18.8 Å². The summed E-state index contributed by atoms with van der Waals surface area (Å²) in [7, 11) is 1.26. The highest BCUT2D eigenvalue weighted by molar-refractivity contribution is 5.88. The van der Waals surface area contributed by atoms with Crippen LogP contribution in [-0.4, -0.2) is 34.1 Å². The summed E-state index contributed by atoms with van der Waals surface area (Å²) in [6.07, 6.45) is 4.85. The third-order valence-corrected chi connectivity index (χ3v) is 3.67. The first kappa shape index (κ1) is 15.2. The number of nitrogens with zero attached hydrogens (tertiary/aromatic N) is 3. The van der Waals surface area contributed by atoms with Gasteiger partial charge in [-0.15, -0.1) is 0 Å². The number of hydrogen-bond acceptors (Lipinski definition) is 8. The molecule has 3 rings (SSSR count). The van der Waals surface area contributed by atoms with Gasteiger partial charge in [0.25, 0.3) is 0 Å². The van der Waals surface area contributed by atoms with Gasteiger partial charge in [0.2, 0.25) is 12.3 Å². The van der Waals surface area contributed by atoms with E-state index in [-0.39, 0.29) is 30.5 Å². The molecule has 0 saturated heterocycles. The normalized spacial score (nSPS) is 15.2. The Morgan fingerprint density at radius 2 is 2.22 bits per heavy atom. The molecule has 1 saturated carbocycles. The molecule has 122 valence electrons. The fourth-order valence-corrected chi connectivity index (χ4v) is 2.32. The second-order valence-electron chi connectivity index (χ2n) is 5.29. The summed E-state index contributed by atoms with van der Waals surface area (Å²) in [4.78, 5) is 31.5. The van der Waals surface area contributed by atoms with Crippen LogP contribution in [0.5, 0.6) is 0 Å². The lowest BCUT2D eigenvalue weighted by molar-refractivity contribution is -0.122. The van der Waals surface area contributed by atoms with E-state index in [2.05, 4.69) is 25.2 Å². The van der Waals surface area contributed by atoms with Crippen LogP contribution in [-0.2, 0) is 16.0 Å². The lowest BCUT2D eigenvalue weighted by Crippen LogP contribution is -2.30. The van der Waals surface area contributed by atoms with E-state index >= 15 is 0 Å². The molecule has 2 heterocycles. The van der Waals surface area contributed by atoms with E-state index in [0.717, 1.165) is 19.2 Å². The number of esters is 1. The van der Waals surface area contributed by atoms with Gasteiger partial charge in [-0.2, -0.15) is 4.98 Å². The molecule has 0 radical (unpaired) electrons. The highest BCUT2D eigenvalue weighted by atomic mass is 16.5. The van der Waals surface area contributed by atoms with E-state index in [9.17, 15) is 9.59 Å². The van der Waals surface area contributed by atoms with Crippen LogP contribution in [0, 0.1) is 5.92 Å². The van der Waals surface area contributed by atoms with Crippen LogP contribution in [0.3, 0.4) is 0 Å². The highest BCUT2D eigenvalue weighted by Crippen LogP contribution is 2.39. The second kappa shape index (κ2) is 6.59. The molecule has 2 aromatic heterocycles. The van der Waals surface area contributed by atoms with Crippen LogP contribution in [0.1, 0.15) is 47.4 Å². The third kappa shape index (κ3) is 3.55. The fraction of sp³-hybridized carbons (Fsp3) is 0.500. The quantitative estimate of drug-likeness (QED) is 0.751. The molecule has 1 N–H and O–H groups in total. The molecule has 0 bridgehead atoms. The second-order valence-corrected chi connectivity index (χ2v) is 5.29. The van der Waals surface area contributed by atoms with Crippen molar-refractivity contribution in [2.45, 2.75) is 31.7 Å². The number of aryl methyl sites for hydroxylation is 1. The SMILES string of the molecule is COC(=O)c1ncoc1CCC(=O)NC(c1ncon1)C1CC1. The number of methoxy groups -OCH3 is 1. The molecule has 1 unspecified atom stereocenters. The number of amides is 1. The van der Waals surface area contributed by atoms with E-state index in [1.807, 2.05) is 0 Å². The maximum atomic E-state index is 12.2. The van der Waals surface area contributed by atoms with Crippen molar-refractivity contribution < 1.29 is 23.3 Å². The van der Waals surface area contributed by atoms with Gasteiger partial charge in [-0.25, -0.2) is 9.78 Å². The molecule has 1 aliphatic carbocycles. The third-order valence-electron chi connectivity index (χ3n) is 3.67. The lowest BCUT2D eigenvalue weighted by Gasteiger charge is -2.14. The molecule has 0 aromatic carbocycles. The van der Waals surface area contributed by atoms with Crippen LogP contribution in [0.15, 0.2) is 21.7 Å². The number of rotatable bonds is 7. The summed E-state index contributed by atoms with van der Waals surface area (Å²) >= 11 is 0. The molecule has 9 heteroatoms. The number of carbonyl (C=O) groups excluding carboxylic acids is 2. The zero-order chi connectivity index (χ0) is 16.2. The van der Waals surface area contributed by atoms with Gasteiger partial charge in [-0.1, -0.05) is 5.16 Å². The topological polar surface area (TPSA) is 120 Å². The first-order chi connectivity index (χ1) is 11.2. The minimum atomic E-state index is -0.586. The largest absolute Gasteiger partial charge is 0.464 e. The van der Waals surface area contributed by atoms with Crippen LogP contribution >= 0.6 is 0 Å². The molecule has 1 fully saturated rings. The Kier molecular flexibility index (Phi) is 4.35. The lowest BCUT2D eigenvalue weighted by atomic mass is 10.1. The van der Waals surface area contributed by atoms with Gasteiger partial charge in [0.1, 0.15) is 5.76 Å². The van der Waals surface area contributed by atoms with Crippen LogP contribution in [0.4, 0.5) is 0 Å². The monoisotopic (exact) mass is 320 g/mol. The zero-order valence-corrected chi connectivity index (χ0v) is 12.5. The predicted molar refractivity (Wildman–Crippen MR) is 74.1 cm³/mol. The summed E-state index contributed by atoms with van der Waals surface area (Å²) in [5.41, 5.74) is 0.0946. The van der Waals surface area contributed by atoms with Crippen molar-refractivity contribution in [1.29, 1.82) is 0 Å². The molecular weight excluding hydrogens is 304 g/mol. The van der Waals surface area contributed by atoms with Gasteiger partial charge < -0.3 is 19.0 Å². The van der Waals surface area contributed by atoms with E-state index in [1.54, 1.807) is 0 Å². The maximum absolute atomic E-state index is 12.2. The van der Waals surface area contributed by atoms with Crippen LogP contribution in [0.25, 0.3) is 0 Å². The van der Waals surface area contributed by atoms with Crippen molar-refractivity contribution in [1.82, 2.24) is 20.4 Å². The Labute approximate surface area is 131 Å². The number of oxazole rings is 1. The number of nitrogens with one attached hydrogen (secondary N) is 1. The van der Waals surface area contributed by atoms with Crippen molar-refractivity contribution in [2.24, 2.45) is 5.92 Å². The standard InChI is InChI=1S/C14H16N4O5/c1-21-14(20)12-9(22-6-15-12)4-5-10(19)17-11(8-2-3-8)13-16-7-23-18-13/h6-8,11H,2-5H2,1H3,(H,17,19). The molecule has 2 aromatic rings. The summed E-state index contributed by atoms with van der Waals surface area (Å²) in [6.45, 7) is 0. The Bertz CT molecular complexity index is 677. The van der Waals surface area contributed by atoms with E-state index in [1.165, 1.54) is 13.5 Å². The Morgan fingerprint density at radius 1 is 1.39 bits per heavy atom. The zero-order valence-electron chi connectivity index (χ0n) is 12.5. The molecule has 1 aliphatic rings. The number of aromatic nitrogens is 3. The first-order valence-electron chi connectivity index (χ1n) is 7.25. The van der Waals surface area contributed by atoms with E-state index < -0.39 is 5.97 Å². The van der Waals surface area contributed by atoms with Crippen LogP contribution in [0.2, 0.25) is 0 Å². The van der Waals surface area contributed by atoms with Gasteiger partial charge in [-0.3, -0.25) is 4.79 Å². The molecule has 1 atom stereocenters. The number of hydrogen-bond donors (Lipinski definition) is 1. The summed E-state index contributed by atoms with van der Waals surface area (Å²) < 4.78 is 14.5. The Hall–Kier alpha value is -2.71. The van der Waals surface area contributed by atoms with Crippen molar-refractivity contribution in [3.05, 3.63) is 30.1 Å². The summed E-state index contributed by atoms with van der Waals surface area (Å²) in [5.74, 6) is 0.383. The minimum absolute atomic E-state index is 0.0946. The van der Waals surface area contributed by atoms with Crippen molar-refractivity contribution in [3.63, 3.8) is 0 Å². The number of ether oxygens (including phenoxy) is 1. The van der Waals surface area contributed by atoms with Gasteiger partial charge in [0, 0.05) is 12.8 Å². The average Bonchev–Trinajstić information content (AvgIpc) is 3.06. The van der Waals surface area contributed by atoms with E-state index in [4.69, 9.17) is 8.94 Å². The van der Waals surface area contributed by atoms with Crippen molar-refractivity contribution in [2.75, 3.05) is 7.11 Å². The average molecular weight is 320 g/mol. The molecule has 0 aliphatic heterocycles. The maximum Gasteiger partial charge on any atom is 0.360 e. The molecule has 0 spiro atoms. The van der Waals surface area contributed by atoms with Gasteiger partial charge in [0.05, 0.1) is 13.2 Å².